The van der Waals surface area contributed by atoms with Crippen molar-refractivity contribution in [3.8, 4) is 5.75 Å². The summed E-state index contributed by atoms with van der Waals surface area (Å²) in [7, 11) is 2.04. The second-order valence-electron chi connectivity index (χ2n) is 5.11. The van der Waals surface area contributed by atoms with Crippen molar-refractivity contribution in [2.24, 2.45) is 0 Å². The van der Waals surface area contributed by atoms with Gasteiger partial charge in [0, 0.05) is 29.3 Å². The lowest BCUT2D eigenvalue weighted by molar-refractivity contribution is 0.463. The van der Waals surface area contributed by atoms with Gasteiger partial charge in [-0.05, 0) is 48.7 Å². The molecule has 0 saturated heterocycles. The van der Waals surface area contributed by atoms with Crippen molar-refractivity contribution in [2.75, 3.05) is 11.9 Å². The van der Waals surface area contributed by atoms with Gasteiger partial charge in [0.15, 0.2) is 0 Å². The number of aromatic hydroxyl groups is 1. The van der Waals surface area contributed by atoms with Crippen molar-refractivity contribution in [1.82, 2.24) is 0 Å². The number of nitrogens with zero attached hydrogens (tertiary/aromatic N) is 1. The van der Waals surface area contributed by atoms with Crippen LogP contribution in [0.15, 0.2) is 40.9 Å². The standard InChI is InChI=1S/C17H20BrNO/c1-4-13-5-7-16(8-6-13)19(3)11-14-10-15(18)9-12(2)17(14)20/h5-10,20H,4,11H2,1-3H3. The molecule has 0 bridgehead atoms. The monoisotopic (exact) mass is 333 g/mol. The van der Waals surface area contributed by atoms with Crippen molar-refractivity contribution in [3.63, 3.8) is 0 Å². The van der Waals surface area contributed by atoms with Crippen LogP contribution in [0.1, 0.15) is 23.6 Å². The summed E-state index contributed by atoms with van der Waals surface area (Å²) >= 11 is 3.48. The van der Waals surface area contributed by atoms with Crippen LogP contribution in [0.4, 0.5) is 5.69 Å². The van der Waals surface area contributed by atoms with E-state index in [1.807, 2.05) is 26.1 Å². The van der Waals surface area contributed by atoms with E-state index in [4.69, 9.17) is 0 Å². The Kier molecular flexibility index (Phi) is 4.71. The highest BCUT2D eigenvalue weighted by Gasteiger charge is 2.09. The maximum absolute atomic E-state index is 10.2. The molecule has 0 saturated carbocycles. The maximum atomic E-state index is 10.2. The molecule has 1 N–H and O–H groups in total. The molecule has 0 spiro atoms. The van der Waals surface area contributed by atoms with Gasteiger partial charge >= 0.3 is 0 Å². The van der Waals surface area contributed by atoms with E-state index in [0.717, 1.165) is 27.7 Å². The van der Waals surface area contributed by atoms with E-state index in [1.54, 1.807) is 0 Å². The minimum absolute atomic E-state index is 0.380. The minimum atomic E-state index is 0.380. The van der Waals surface area contributed by atoms with Crippen molar-refractivity contribution < 1.29 is 5.11 Å². The topological polar surface area (TPSA) is 23.5 Å². The minimum Gasteiger partial charge on any atom is -0.507 e. The summed E-state index contributed by atoms with van der Waals surface area (Å²) in [6.07, 6.45) is 1.05. The summed E-state index contributed by atoms with van der Waals surface area (Å²) in [5.41, 5.74) is 4.31. The fraction of sp³-hybridized carbons (Fsp3) is 0.294. The number of aryl methyl sites for hydroxylation is 2. The van der Waals surface area contributed by atoms with Gasteiger partial charge < -0.3 is 10.0 Å². The van der Waals surface area contributed by atoms with Crippen LogP contribution >= 0.6 is 15.9 Å². The van der Waals surface area contributed by atoms with E-state index < -0.39 is 0 Å². The van der Waals surface area contributed by atoms with Crippen LogP contribution in [0, 0.1) is 6.92 Å². The maximum Gasteiger partial charge on any atom is 0.123 e. The predicted octanol–water partition coefficient (Wildman–Crippen LogP) is 4.66. The molecule has 0 heterocycles. The normalized spacial score (nSPS) is 10.6. The number of phenols is 1. The van der Waals surface area contributed by atoms with E-state index in [0.29, 0.717) is 12.3 Å². The zero-order valence-electron chi connectivity index (χ0n) is 12.2. The molecule has 3 heteroatoms. The smallest absolute Gasteiger partial charge is 0.123 e. The summed E-state index contributed by atoms with van der Waals surface area (Å²) in [4.78, 5) is 2.14. The molecule has 0 aliphatic heterocycles. The Hall–Kier alpha value is -1.48. The van der Waals surface area contributed by atoms with Crippen molar-refractivity contribution in [1.29, 1.82) is 0 Å². The van der Waals surface area contributed by atoms with Gasteiger partial charge in [-0.25, -0.2) is 0 Å². The number of halogens is 1. The van der Waals surface area contributed by atoms with E-state index >= 15 is 0 Å². The SMILES string of the molecule is CCc1ccc(N(C)Cc2cc(Br)cc(C)c2O)cc1. The largest absolute Gasteiger partial charge is 0.507 e. The zero-order chi connectivity index (χ0) is 14.7. The number of phenolic OH excluding ortho intramolecular Hbond substituents is 1. The van der Waals surface area contributed by atoms with E-state index in [2.05, 4.69) is 52.0 Å². The fourth-order valence-electron chi connectivity index (χ4n) is 2.26. The van der Waals surface area contributed by atoms with Crippen LogP contribution in [-0.4, -0.2) is 12.2 Å². The Labute approximate surface area is 129 Å². The van der Waals surface area contributed by atoms with Gasteiger partial charge in [-0.1, -0.05) is 35.0 Å². The molecule has 2 nitrogen and oxygen atoms in total. The molecule has 2 aromatic rings. The summed E-state index contributed by atoms with van der Waals surface area (Å²) < 4.78 is 0.998. The van der Waals surface area contributed by atoms with Gasteiger partial charge in [0.2, 0.25) is 0 Å². The Morgan fingerprint density at radius 2 is 1.80 bits per heavy atom. The summed E-state index contributed by atoms with van der Waals surface area (Å²) in [5, 5.41) is 10.2. The van der Waals surface area contributed by atoms with Crippen molar-refractivity contribution >= 4 is 21.6 Å². The first-order valence-electron chi connectivity index (χ1n) is 6.79. The summed E-state index contributed by atoms with van der Waals surface area (Å²) in [6.45, 7) is 4.75. The number of rotatable bonds is 4. The number of hydrogen-bond donors (Lipinski definition) is 1. The average molecular weight is 334 g/mol. The Morgan fingerprint density at radius 1 is 1.15 bits per heavy atom. The molecule has 0 aliphatic carbocycles. The van der Waals surface area contributed by atoms with Gasteiger partial charge in [-0.3, -0.25) is 0 Å². The lowest BCUT2D eigenvalue weighted by Crippen LogP contribution is -2.16. The molecule has 0 fully saturated rings. The second-order valence-corrected chi connectivity index (χ2v) is 6.02. The first-order chi connectivity index (χ1) is 9.51. The number of benzene rings is 2. The average Bonchev–Trinajstić information content (AvgIpc) is 2.44. The molecule has 0 radical (unpaired) electrons. The van der Waals surface area contributed by atoms with Gasteiger partial charge in [-0.15, -0.1) is 0 Å². The van der Waals surface area contributed by atoms with Crippen molar-refractivity contribution in [3.05, 3.63) is 57.6 Å². The van der Waals surface area contributed by atoms with E-state index in [9.17, 15) is 5.11 Å². The molecule has 106 valence electrons. The first kappa shape index (κ1) is 14.9. The molecule has 0 amide bonds. The molecular weight excluding hydrogens is 314 g/mol. The third-order valence-corrected chi connectivity index (χ3v) is 3.99. The van der Waals surface area contributed by atoms with E-state index in [-0.39, 0.29) is 0 Å². The zero-order valence-corrected chi connectivity index (χ0v) is 13.7. The van der Waals surface area contributed by atoms with Crippen LogP contribution in [0.5, 0.6) is 5.75 Å². The lowest BCUT2D eigenvalue weighted by Gasteiger charge is -2.21. The van der Waals surface area contributed by atoms with Crippen LogP contribution in [0.2, 0.25) is 0 Å². The summed E-state index contributed by atoms with van der Waals surface area (Å²) in [5.74, 6) is 0.380. The molecule has 0 unspecified atom stereocenters. The van der Waals surface area contributed by atoms with Crippen LogP contribution < -0.4 is 4.90 Å². The van der Waals surface area contributed by atoms with Gasteiger partial charge in [0.25, 0.3) is 0 Å². The highest BCUT2D eigenvalue weighted by molar-refractivity contribution is 9.10. The lowest BCUT2D eigenvalue weighted by atomic mass is 10.1. The Bertz CT molecular complexity index is 593. The first-order valence-corrected chi connectivity index (χ1v) is 7.58. The molecule has 0 aromatic heterocycles. The molecule has 2 aromatic carbocycles. The number of hydrogen-bond acceptors (Lipinski definition) is 2. The third kappa shape index (κ3) is 3.34. The third-order valence-electron chi connectivity index (χ3n) is 3.54. The van der Waals surface area contributed by atoms with Crippen LogP contribution in [0.25, 0.3) is 0 Å². The van der Waals surface area contributed by atoms with Crippen LogP contribution in [0.3, 0.4) is 0 Å². The van der Waals surface area contributed by atoms with Crippen LogP contribution in [-0.2, 0) is 13.0 Å². The quantitative estimate of drug-likeness (QED) is 0.879. The van der Waals surface area contributed by atoms with Crippen molar-refractivity contribution in [2.45, 2.75) is 26.8 Å². The van der Waals surface area contributed by atoms with Gasteiger partial charge in [-0.2, -0.15) is 0 Å². The highest BCUT2D eigenvalue weighted by atomic mass is 79.9. The molecular formula is C17H20BrNO. The Balaban J connectivity index is 2.20. The molecule has 0 aliphatic rings. The number of anilines is 1. The fourth-order valence-corrected chi connectivity index (χ4v) is 2.88. The Morgan fingerprint density at radius 3 is 2.40 bits per heavy atom. The molecule has 2 rings (SSSR count). The highest BCUT2D eigenvalue weighted by Crippen LogP contribution is 2.28. The molecule has 0 atom stereocenters. The second kappa shape index (κ2) is 6.31. The predicted molar refractivity (Wildman–Crippen MR) is 88.5 cm³/mol. The summed E-state index contributed by atoms with van der Waals surface area (Å²) in [6, 6.07) is 12.4. The van der Waals surface area contributed by atoms with Gasteiger partial charge in [0.1, 0.15) is 5.75 Å². The van der Waals surface area contributed by atoms with Gasteiger partial charge in [0.05, 0.1) is 0 Å². The molecule has 20 heavy (non-hydrogen) atoms. The van der Waals surface area contributed by atoms with E-state index in [1.165, 1.54) is 5.56 Å².